The summed E-state index contributed by atoms with van der Waals surface area (Å²) in [5.41, 5.74) is -0.652. The molecular weight excluding hydrogens is 305 g/mol. The lowest BCUT2D eigenvalue weighted by Gasteiger charge is -2.19. The van der Waals surface area contributed by atoms with E-state index in [0.717, 1.165) is 0 Å². The molecule has 4 nitrogen and oxygen atoms in total. The van der Waals surface area contributed by atoms with Crippen LogP contribution in [0.1, 0.15) is 19.4 Å². The lowest BCUT2D eigenvalue weighted by Crippen LogP contribution is -2.38. The summed E-state index contributed by atoms with van der Waals surface area (Å²) in [5, 5.41) is 11.4. The van der Waals surface area contributed by atoms with E-state index >= 15 is 0 Å². The van der Waals surface area contributed by atoms with Gasteiger partial charge in [0.2, 0.25) is 5.91 Å². The van der Waals surface area contributed by atoms with Gasteiger partial charge in [-0.15, -0.1) is 0 Å². The summed E-state index contributed by atoms with van der Waals surface area (Å²) in [5.74, 6) is -2.32. The number of carboxylic acid groups (broad SMARTS) is 1. The van der Waals surface area contributed by atoms with Gasteiger partial charge in [0, 0.05) is 5.69 Å². The molecule has 0 aliphatic rings. The van der Waals surface area contributed by atoms with Crippen molar-refractivity contribution in [3.63, 3.8) is 0 Å². The van der Waals surface area contributed by atoms with Gasteiger partial charge < -0.3 is 10.4 Å². The minimum Gasteiger partial charge on any atom is -0.480 e. The second-order valence-electron chi connectivity index (χ2n) is 4.47. The molecule has 0 radical (unpaired) electrons. The van der Waals surface area contributed by atoms with Crippen LogP contribution in [0.4, 0.5) is 10.1 Å². The fourth-order valence-electron chi connectivity index (χ4n) is 1.16. The highest BCUT2D eigenvalue weighted by Gasteiger charge is 2.36. The maximum Gasteiger partial charge on any atom is 0.318 e. The molecule has 1 amide bonds. The number of rotatable bonds is 3. The summed E-state index contributed by atoms with van der Waals surface area (Å²) in [7, 11) is 0. The molecule has 0 unspecified atom stereocenters. The molecule has 0 aromatic heterocycles. The van der Waals surface area contributed by atoms with Gasteiger partial charge in [-0.1, -0.05) is 0 Å². The molecule has 0 saturated carbocycles. The molecule has 1 aromatic carbocycles. The summed E-state index contributed by atoms with van der Waals surface area (Å²) < 4.78 is 13.4. The highest BCUT2D eigenvalue weighted by Crippen LogP contribution is 2.26. The fourth-order valence-corrected chi connectivity index (χ4v) is 1.50. The number of hydrogen-bond donors (Lipinski definition) is 2. The van der Waals surface area contributed by atoms with Crippen molar-refractivity contribution in [1.29, 1.82) is 0 Å². The van der Waals surface area contributed by atoms with E-state index in [-0.39, 0.29) is 4.47 Å². The van der Waals surface area contributed by atoms with Gasteiger partial charge in [0.1, 0.15) is 11.2 Å². The van der Waals surface area contributed by atoms with Crippen molar-refractivity contribution >= 4 is 33.5 Å². The first-order valence-electron chi connectivity index (χ1n) is 5.16. The topological polar surface area (TPSA) is 66.4 Å². The Bertz CT molecular complexity index is 514. The second kappa shape index (κ2) is 5.06. The van der Waals surface area contributed by atoms with Crippen LogP contribution in [0.5, 0.6) is 0 Å². The summed E-state index contributed by atoms with van der Waals surface area (Å²) in [6, 6.07) is 2.66. The molecule has 0 bridgehead atoms. The van der Waals surface area contributed by atoms with E-state index < -0.39 is 23.1 Å². The van der Waals surface area contributed by atoms with E-state index in [2.05, 4.69) is 21.2 Å². The fraction of sp³-hybridized carbons (Fsp3) is 0.333. The number of halogens is 2. The zero-order chi connectivity index (χ0) is 14.1. The summed E-state index contributed by atoms with van der Waals surface area (Å²) in [6.45, 7) is 4.23. The summed E-state index contributed by atoms with van der Waals surface area (Å²) in [4.78, 5) is 22.8. The van der Waals surface area contributed by atoms with Crippen molar-refractivity contribution in [3.8, 4) is 0 Å². The van der Waals surface area contributed by atoms with Crippen molar-refractivity contribution in [2.45, 2.75) is 20.8 Å². The third kappa shape index (κ3) is 2.87. The number of nitrogens with one attached hydrogen (secondary N) is 1. The normalized spacial score (nSPS) is 11.2. The molecule has 0 fully saturated rings. The average molecular weight is 318 g/mol. The summed E-state index contributed by atoms with van der Waals surface area (Å²) >= 11 is 3.01. The van der Waals surface area contributed by atoms with E-state index in [9.17, 15) is 14.0 Å². The maximum absolute atomic E-state index is 13.2. The highest BCUT2D eigenvalue weighted by molar-refractivity contribution is 9.10. The Morgan fingerprint density at radius 3 is 2.44 bits per heavy atom. The van der Waals surface area contributed by atoms with Gasteiger partial charge in [-0.25, -0.2) is 4.39 Å². The number of carboxylic acids is 1. The number of amides is 1. The first-order valence-corrected chi connectivity index (χ1v) is 5.96. The van der Waals surface area contributed by atoms with Gasteiger partial charge in [-0.2, -0.15) is 0 Å². The Labute approximate surface area is 112 Å². The van der Waals surface area contributed by atoms with Gasteiger partial charge in [0.15, 0.2) is 0 Å². The number of aryl methyl sites for hydroxylation is 1. The number of carbonyl (C=O) groups is 2. The molecule has 2 N–H and O–H groups in total. The van der Waals surface area contributed by atoms with E-state index in [1.165, 1.54) is 26.0 Å². The number of aliphatic carboxylic acids is 1. The molecular formula is C12H13BrFNO3. The zero-order valence-electron chi connectivity index (χ0n) is 10.2. The van der Waals surface area contributed by atoms with Crippen molar-refractivity contribution < 1.29 is 19.1 Å². The van der Waals surface area contributed by atoms with Crippen LogP contribution in [0.25, 0.3) is 0 Å². The Morgan fingerprint density at radius 1 is 1.39 bits per heavy atom. The smallest absolute Gasteiger partial charge is 0.318 e. The molecule has 0 spiro atoms. The van der Waals surface area contributed by atoms with Crippen LogP contribution in [-0.2, 0) is 9.59 Å². The second-order valence-corrected chi connectivity index (χ2v) is 5.32. The van der Waals surface area contributed by atoms with Gasteiger partial charge >= 0.3 is 5.97 Å². The Kier molecular flexibility index (Phi) is 4.11. The Balaban J connectivity index is 3.03. The van der Waals surface area contributed by atoms with Crippen LogP contribution in [0.15, 0.2) is 16.6 Å². The van der Waals surface area contributed by atoms with Gasteiger partial charge in [0.25, 0.3) is 0 Å². The lowest BCUT2D eigenvalue weighted by atomic mass is 9.92. The molecule has 98 valence electrons. The van der Waals surface area contributed by atoms with Gasteiger partial charge in [-0.05, 0) is 54.4 Å². The third-order valence-corrected chi connectivity index (χ3v) is 3.23. The molecule has 0 saturated heterocycles. The minimum absolute atomic E-state index is 0.205. The quantitative estimate of drug-likeness (QED) is 0.842. The largest absolute Gasteiger partial charge is 0.480 e. The van der Waals surface area contributed by atoms with E-state index in [1.54, 1.807) is 6.92 Å². The molecule has 18 heavy (non-hydrogen) atoms. The molecule has 1 aromatic rings. The maximum atomic E-state index is 13.2. The number of anilines is 1. The third-order valence-electron chi connectivity index (χ3n) is 2.62. The average Bonchev–Trinajstić information content (AvgIpc) is 2.25. The lowest BCUT2D eigenvalue weighted by molar-refractivity contribution is -0.151. The summed E-state index contributed by atoms with van der Waals surface area (Å²) in [6.07, 6.45) is 0. The van der Waals surface area contributed by atoms with Crippen LogP contribution in [0, 0.1) is 18.2 Å². The first kappa shape index (κ1) is 14.6. The first-order chi connectivity index (χ1) is 8.16. The molecule has 0 heterocycles. The molecule has 1 rings (SSSR count). The van der Waals surface area contributed by atoms with Crippen molar-refractivity contribution in [2.24, 2.45) is 5.41 Å². The standard InChI is InChI=1S/C12H13BrFNO3/c1-6-4-8(14)7(13)5-9(6)15-10(16)12(2,3)11(17)18/h4-5H,1-3H3,(H,15,16)(H,17,18). The van der Waals surface area contributed by atoms with E-state index in [0.29, 0.717) is 11.3 Å². The molecule has 0 aliphatic heterocycles. The SMILES string of the molecule is Cc1cc(F)c(Br)cc1NC(=O)C(C)(C)C(=O)O. The van der Waals surface area contributed by atoms with Crippen LogP contribution < -0.4 is 5.32 Å². The number of carbonyl (C=O) groups excluding carboxylic acids is 1. The zero-order valence-corrected chi connectivity index (χ0v) is 11.8. The molecule has 6 heteroatoms. The predicted molar refractivity (Wildman–Crippen MR) is 68.9 cm³/mol. The van der Waals surface area contributed by atoms with Gasteiger partial charge in [0.05, 0.1) is 4.47 Å². The Morgan fingerprint density at radius 2 is 1.94 bits per heavy atom. The Hall–Kier alpha value is -1.43. The highest BCUT2D eigenvalue weighted by atomic mass is 79.9. The van der Waals surface area contributed by atoms with E-state index in [4.69, 9.17) is 5.11 Å². The predicted octanol–water partition coefficient (Wildman–Crippen LogP) is 2.95. The van der Waals surface area contributed by atoms with Crippen molar-refractivity contribution in [3.05, 3.63) is 28.0 Å². The van der Waals surface area contributed by atoms with Crippen LogP contribution in [0.3, 0.4) is 0 Å². The number of hydrogen-bond acceptors (Lipinski definition) is 2. The van der Waals surface area contributed by atoms with E-state index in [1.807, 2.05) is 0 Å². The van der Waals surface area contributed by atoms with Gasteiger partial charge in [-0.3, -0.25) is 9.59 Å². The minimum atomic E-state index is -1.55. The van der Waals surface area contributed by atoms with Crippen molar-refractivity contribution in [2.75, 3.05) is 5.32 Å². The molecule has 0 atom stereocenters. The van der Waals surface area contributed by atoms with Crippen LogP contribution in [-0.4, -0.2) is 17.0 Å². The van der Waals surface area contributed by atoms with Crippen LogP contribution in [0.2, 0.25) is 0 Å². The number of benzene rings is 1. The monoisotopic (exact) mass is 317 g/mol. The van der Waals surface area contributed by atoms with Crippen molar-refractivity contribution in [1.82, 2.24) is 0 Å². The molecule has 0 aliphatic carbocycles. The van der Waals surface area contributed by atoms with Crippen LogP contribution >= 0.6 is 15.9 Å².